The summed E-state index contributed by atoms with van der Waals surface area (Å²) in [6.45, 7) is 5.48. The van der Waals surface area contributed by atoms with Gasteiger partial charge in [-0.1, -0.05) is 18.2 Å². The van der Waals surface area contributed by atoms with Crippen LogP contribution in [0, 0.1) is 11.6 Å². The Morgan fingerprint density at radius 3 is 2.28 bits per heavy atom. The van der Waals surface area contributed by atoms with E-state index in [4.69, 9.17) is 4.74 Å². The molecule has 2 aromatic carbocycles. The Kier molecular flexibility index (Phi) is 6.42. The van der Waals surface area contributed by atoms with Crippen LogP contribution in [-0.4, -0.2) is 18.2 Å². The van der Waals surface area contributed by atoms with Gasteiger partial charge in [-0.15, -0.1) is 11.8 Å². The predicted octanol–water partition coefficient (Wildman–Crippen LogP) is 5.32. The quantitative estimate of drug-likeness (QED) is 0.729. The first kappa shape index (κ1) is 19.2. The first-order chi connectivity index (χ1) is 11.7. The lowest BCUT2D eigenvalue weighted by molar-refractivity contribution is 0.0528. The van der Waals surface area contributed by atoms with Crippen molar-refractivity contribution >= 4 is 17.9 Å². The van der Waals surface area contributed by atoms with Crippen molar-refractivity contribution in [2.45, 2.75) is 36.5 Å². The van der Waals surface area contributed by atoms with Gasteiger partial charge in [0.25, 0.3) is 0 Å². The molecule has 0 saturated carbocycles. The van der Waals surface area contributed by atoms with Gasteiger partial charge in [0.15, 0.2) is 0 Å². The Bertz CT molecular complexity index is 697. The molecule has 1 amide bonds. The first-order valence-corrected chi connectivity index (χ1v) is 8.75. The summed E-state index contributed by atoms with van der Waals surface area (Å²) in [4.78, 5) is 12.8. The highest BCUT2D eigenvalue weighted by Crippen LogP contribution is 2.35. The smallest absolute Gasteiger partial charge is 0.407 e. The summed E-state index contributed by atoms with van der Waals surface area (Å²) in [7, 11) is 0. The highest BCUT2D eigenvalue weighted by molar-refractivity contribution is 7.99. The molecule has 0 radical (unpaired) electrons. The van der Waals surface area contributed by atoms with E-state index in [9.17, 15) is 13.6 Å². The van der Waals surface area contributed by atoms with Gasteiger partial charge in [0, 0.05) is 17.5 Å². The SMILES string of the molecule is CC(C)(C)OC(=O)NCC(Sc1ccccc1)c1cc(F)cc(F)c1. The molecule has 0 heterocycles. The summed E-state index contributed by atoms with van der Waals surface area (Å²) >= 11 is 1.42. The average Bonchev–Trinajstić information content (AvgIpc) is 2.49. The summed E-state index contributed by atoms with van der Waals surface area (Å²) in [5.74, 6) is -1.29. The second-order valence-electron chi connectivity index (χ2n) is 6.51. The Hall–Kier alpha value is -2.08. The highest BCUT2D eigenvalue weighted by Gasteiger charge is 2.20. The van der Waals surface area contributed by atoms with Crippen LogP contribution < -0.4 is 5.32 Å². The lowest BCUT2D eigenvalue weighted by Crippen LogP contribution is -2.34. The average molecular weight is 365 g/mol. The van der Waals surface area contributed by atoms with Crippen molar-refractivity contribution in [3.63, 3.8) is 0 Å². The fourth-order valence-electron chi connectivity index (χ4n) is 2.14. The molecule has 0 aliphatic carbocycles. The Morgan fingerprint density at radius 1 is 1.12 bits per heavy atom. The van der Waals surface area contributed by atoms with E-state index in [1.165, 1.54) is 23.9 Å². The molecular formula is C19H21F2NO2S. The van der Waals surface area contributed by atoms with Crippen molar-refractivity contribution in [1.29, 1.82) is 0 Å². The van der Waals surface area contributed by atoms with E-state index >= 15 is 0 Å². The largest absolute Gasteiger partial charge is 0.444 e. The maximum Gasteiger partial charge on any atom is 0.407 e. The van der Waals surface area contributed by atoms with Gasteiger partial charge in [0.05, 0.1) is 5.25 Å². The van der Waals surface area contributed by atoms with Gasteiger partial charge in [0.1, 0.15) is 17.2 Å². The van der Waals surface area contributed by atoms with Crippen LogP contribution >= 0.6 is 11.8 Å². The number of halogens is 2. The van der Waals surface area contributed by atoms with E-state index < -0.39 is 23.3 Å². The molecular weight excluding hydrogens is 344 g/mol. The van der Waals surface area contributed by atoms with Crippen LogP contribution in [-0.2, 0) is 4.74 Å². The number of hydrogen-bond acceptors (Lipinski definition) is 3. The van der Waals surface area contributed by atoms with E-state index in [0.29, 0.717) is 5.56 Å². The van der Waals surface area contributed by atoms with Crippen LogP contribution in [0.15, 0.2) is 53.4 Å². The number of carbonyl (C=O) groups excluding carboxylic acids is 1. The predicted molar refractivity (Wildman–Crippen MR) is 95.6 cm³/mol. The van der Waals surface area contributed by atoms with Crippen molar-refractivity contribution in [3.8, 4) is 0 Å². The van der Waals surface area contributed by atoms with Crippen LogP contribution in [0.1, 0.15) is 31.6 Å². The third-order valence-corrected chi connectivity index (χ3v) is 4.38. The minimum atomic E-state index is -0.647. The highest BCUT2D eigenvalue weighted by atomic mass is 32.2. The molecule has 0 aliphatic heterocycles. The molecule has 1 atom stereocenters. The number of benzene rings is 2. The number of rotatable bonds is 5. The molecule has 0 spiro atoms. The molecule has 0 aliphatic rings. The van der Waals surface area contributed by atoms with Gasteiger partial charge in [-0.25, -0.2) is 13.6 Å². The van der Waals surface area contributed by atoms with Crippen molar-refractivity contribution in [1.82, 2.24) is 5.32 Å². The molecule has 1 unspecified atom stereocenters. The molecule has 0 saturated heterocycles. The third kappa shape index (κ3) is 6.74. The number of nitrogens with one attached hydrogen (secondary N) is 1. The van der Waals surface area contributed by atoms with Crippen LogP contribution in [0.3, 0.4) is 0 Å². The Labute approximate surface area is 150 Å². The summed E-state index contributed by atoms with van der Waals surface area (Å²) in [5, 5.41) is 2.31. The van der Waals surface area contributed by atoms with Gasteiger partial charge in [-0.3, -0.25) is 0 Å². The summed E-state index contributed by atoms with van der Waals surface area (Å²) in [6, 6.07) is 12.8. The fraction of sp³-hybridized carbons (Fsp3) is 0.316. The zero-order valence-corrected chi connectivity index (χ0v) is 15.2. The number of ether oxygens (including phenoxy) is 1. The molecule has 2 aromatic rings. The van der Waals surface area contributed by atoms with E-state index in [1.807, 2.05) is 30.3 Å². The van der Waals surface area contributed by atoms with Crippen molar-refractivity contribution < 1.29 is 18.3 Å². The van der Waals surface area contributed by atoms with E-state index in [1.54, 1.807) is 20.8 Å². The van der Waals surface area contributed by atoms with Crippen molar-refractivity contribution in [2.75, 3.05) is 6.54 Å². The molecule has 6 heteroatoms. The maximum atomic E-state index is 13.6. The van der Waals surface area contributed by atoms with E-state index in [-0.39, 0.29) is 11.8 Å². The lowest BCUT2D eigenvalue weighted by Gasteiger charge is -2.22. The van der Waals surface area contributed by atoms with E-state index in [0.717, 1.165) is 11.0 Å². The summed E-state index contributed by atoms with van der Waals surface area (Å²) in [5.41, 5.74) is -0.153. The molecule has 1 N–H and O–H groups in total. The van der Waals surface area contributed by atoms with Crippen molar-refractivity contribution in [2.24, 2.45) is 0 Å². The van der Waals surface area contributed by atoms with Crippen LogP contribution in [0.5, 0.6) is 0 Å². The van der Waals surface area contributed by atoms with Gasteiger partial charge in [-0.2, -0.15) is 0 Å². The monoisotopic (exact) mass is 365 g/mol. The number of hydrogen-bond donors (Lipinski definition) is 1. The van der Waals surface area contributed by atoms with Crippen LogP contribution in [0.4, 0.5) is 13.6 Å². The number of amides is 1. The maximum absolute atomic E-state index is 13.6. The number of thioether (sulfide) groups is 1. The van der Waals surface area contributed by atoms with Crippen LogP contribution in [0.2, 0.25) is 0 Å². The molecule has 0 fully saturated rings. The molecule has 3 nitrogen and oxygen atoms in total. The molecule has 25 heavy (non-hydrogen) atoms. The number of carbonyl (C=O) groups is 1. The third-order valence-electron chi connectivity index (χ3n) is 3.11. The normalized spacial score (nSPS) is 12.5. The molecule has 2 rings (SSSR count). The molecule has 134 valence electrons. The summed E-state index contributed by atoms with van der Waals surface area (Å²) < 4.78 is 32.4. The summed E-state index contributed by atoms with van der Waals surface area (Å²) in [6.07, 6.45) is -0.567. The van der Waals surface area contributed by atoms with Gasteiger partial charge in [-0.05, 0) is 50.6 Å². The Morgan fingerprint density at radius 2 is 1.72 bits per heavy atom. The standard InChI is InChI=1S/C19H21F2NO2S/c1-19(2,3)24-18(23)22-12-17(25-16-7-5-4-6-8-16)13-9-14(20)11-15(21)10-13/h4-11,17H,12H2,1-3H3,(H,22,23). The zero-order valence-electron chi connectivity index (χ0n) is 14.4. The lowest BCUT2D eigenvalue weighted by atomic mass is 10.1. The Balaban J connectivity index is 2.15. The molecule has 0 bridgehead atoms. The minimum Gasteiger partial charge on any atom is -0.444 e. The van der Waals surface area contributed by atoms with Crippen LogP contribution in [0.25, 0.3) is 0 Å². The second-order valence-corrected chi connectivity index (χ2v) is 7.78. The second kappa shape index (κ2) is 8.34. The number of alkyl carbamates (subject to hydrolysis) is 1. The van der Waals surface area contributed by atoms with Gasteiger partial charge >= 0.3 is 6.09 Å². The molecule has 0 aromatic heterocycles. The van der Waals surface area contributed by atoms with Gasteiger partial charge < -0.3 is 10.1 Å². The minimum absolute atomic E-state index is 0.178. The van der Waals surface area contributed by atoms with Crippen molar-refractivity contribution in [3.05, 3.63) is 65.7 Å². The van der Waals surface area contributed by atoms with E-state index in [2.05, 4.69) is 5.32 Å². The van der Waals surface area contributed by atoms with Gasteiger partial charge in [0.2, 0.25) is 0 Å². The fourth-order valence-corrected chi connectivity index (χ4v) is 3.22. The zero-order chi connectivity index (χ0) is 18.4. The first-order valence-electron chi connectivity index (χ1n) is 7.87. The topological polar surface area (TPSA) is 38.3 Å².